The fourth-order valence-corrected chi connectivity index (χ4v) is 6.89. The molecule has 1 saturated heterocycles. The van der Waals surface area contributed by atoms with E-state index in [2.05, 4.69) is 6.58 Å². The van der Waals surface area contributed by atoms with Gasteiger partial charge < -0.3 is 19.7 Å². The molecule has 202 valence electrons. The molecule has 9 heteroatoms. The number of hydrogen-bond donors (Lipinski definition) is 2. The number of carboxylic acids is 1. The van der Waals surface area contributed by atoms with Crippen molar-refractivity contribution in [2.45, 2.75) is 45.8 Å². The van der Waals surface area contributed by atoms with Crippen molar-refractivity contribution in [1.82, 2.24) is 0 Å². The minimum atomic E-state index is -2.12. The second-order valence-electron chi connectivity index (χ2n) is 10.8. The quantitative estimate of drug-likeness (QED) is 0.182. The summed E-state index contributed by atoms with van der Waals surface area (Å²) in [5, 5.41) is 19.8. The summed E-state index contributed by atoms with van der Waals surface area (Å²) in [6.07, 6.45) is 11.3. The second kappa shape index (κ2) is 9.94. The van der Waals surface area contributed by atoms with E-state index in [1.54, 1.807) is 32.1 Å². The van der Waals surface area contributed by atoms with Gasteiger partial charge in [0.05, 0.1) is 6.10 Å². The van der Waals surface area contributed by atoms with E-state index in [0.717, 1.165) is 6.08 Å². The number of Topliss-reactive ketones (excluding diaryl/α,β-unsaturated/α-hetero) is 2. The van der Waals surface area contributed by atoms with Gasteiger partial charge in [0.1, 0.15) is 6.10 Å². The van der Waals surface area contributed by atoms with Gasteiger partial charge in [-0.3, -0.25) is 19.2 Å². The number of hydrogen-bond acceptors (Lipinski definition) is 8. The molecular formula is C29H32O9. The average molecular weight is 525 g/mol. The van der Waals surface area contributed by atoms with Crippen LogP contribution in [0.2, 0.25) is 0 Å². The van der Waals surface area contributed by atoms with E-state index in [9.17, 15) is 29.1 Å². The Morgan fingerprint density at radius 2 is 1.82 bits per heavy atom. The molecular weight excluding hydrogens is 492 g/mol. The van der Waals surface area contributed by atoms with Crippen LogP contribution >= 0.6 is 0 Å². The van der Waals surface area contributed by atoms with E-state index < -0.39 is 70.3 Å². The zero-order valence-electron chi connectivity index (χ0n) is 21.5. The zero-order chi connectivity index (χ0) is 28.0. The third-order valence-corrected chi connectivity index (χ3v) is 8.87. The molecule has 0 unspecified atom stereocenters. The monoisotopic (exact) mass is 524 g/mol. The Labute approximate surface area is 220 Å². The van der Waals surface area contributed by atoms with Gasteiger partial charge in [0.15, 0.2) is 17.0 Å². The van der Waals surface area contributed by atoms with Gasteiger partial charge in [0, 0.05) is 36.2 Å². The number of carbonyl (C=O) groups is 5. The Hall–Kier alpha value is -3.59. The van der Waals surface area contributed by atoms with E-state index in [1.165, 1.54) is 19.1 Å². The van der Waals surface area contributed by atoms with E-state index in [0.29, 0.717) is 6.42 Å². The van der Waals surface area contributed by atoms with Crippen LogP contribution in [-0.4, -0.2) is 51.9 Å². The lowest BCUT2D eigenvalue weighted by Gasteiger charge is -2.58. The summed E-state index contributed by atoms with van der Waals surface area (Å²) in [6.45, 7) is 8.37. The van der Waals surface area contributed by atoms with Crippen molar-refractivity contribution in [3.63, 3.8) is 0 Å². The van der Waals surface area contributed by atoms with Gasteiger partial charge >= 0.3 is 17.9 Å². The molecule has 1 aliphatic heterocycles. The highest BCUT2D eigenvalue weighted by Crippen LogP contribution is 2.62. The lowest BCUT2D eigenvalue weighted by Crippen LogP contribution is -2.65. The lowest BCUT2D eigenvalue weighted by atomic mass is 9.43. The summed E-state index contributed by atoms with van der Waals surface area (Å²) >= 11 is 0. The number of aliphatic hydroxyl groups is 1. The summed E-state index contributed by atoms with van der Waals surface area (Å²) < 4.78 is 10.7. The molecule has 4 rings (SSSR count). The van der Waals surface area contributed by atoms with Crippen LogP contribution in [0.4, 0.5) is 0 Å². The molecule has 1 spiro atoms. The summed E-state index contributed by atoms with van der Waals surface area (Å²) in [7, 11) is 0. The van der Waals surface area contributed by atoms with E-state index >= 15 is 0 Å². The van der Waals surface area contributed by atoms with Gasteiger partial charge in [-0.1, -0.05) is 63.0 Å². The first kappa shape index (κ1) is 27.4. The maximum atomic E-state index is 14.6. The summed E-state index contributed by atoms with van der Waals surface area (Å²) in [6, 6.07) is 0. The van der Waals surface area contributed by atoms with Crippen molar-refractivity contribution in [2.75, 3.05) is 0 Å². The van der Waals surface area contributed by atoms with Crippen LogP contribution in [0.5, 0.6) is 0 Å². The molecule has 4 aliphatic rings. The number of aliphatic hydroxyl groups excluding tert-OH is 1. The molecule has 0 aromatic carbocycles. The number of carbonyl (C=O) groups excluding carboxylic acids is 4. The molecule has 2 N–H and O–H groups in total. The Morgan fingerprint density at radius 1 is 1.13 bits per heavy atom. The summed E-state index contributed by atoms with van der Waals surface area (Å²) in [4.78, 5) is 63.8. The molecule has 38 heavy (non-hydrogen) atoms. The first-order valence-corrected chi connectivity index (χ1v) is 12.7. The number of ketones is 2. The topological polar surface area (TPSA) is 144 Å². The van der Waals surface area contributed by atoms with Gasteiger partial charge in [0.25, 0.3) is 0 Å². The van der Waals surface area contributed by atoms with Gasteiger partial charge in [-0.25, -0.2) is 4.79 Å². The predicted octanol–water partition coefficient (Wildman–Crippen LogP) is 2.71. The first-order valence-electron chi connectivity index (χ1n) is 12.7. The highest BCUT2D eigenvalue weighted by atomic mass is 16.6. The number of cyclic esters (lactones) is 1. The molecule has 3 fully saturated rings. The van der Waals surface area contributed by atoms with E-state index in [-0.39, 0.29) is 24.0 Å². The fraction of sp³-hybridized carbons (Fsp3) is 0.483. The van der Waals surface area contributed by atoms with Crippen LogP contribution in [0, 0.1) is 40.4 Å². The number of allylic oxidation sites excluding steroid dienone is 7. The molecule has 0 amide bonds. The molecule has 0 aromatic heterocycles. The highest BCUT2D eigenvalue weighted by Gasteiger charge is 2.73. The predicted molar refractivity (Wildman–Crippen MR) is 134 cm³/mol. The molecule has 9 nitrogen and oxygen atoms in total. The van der Waals surface area contributed by atoms with Crippen LogP contribution in [0.25, 0.3) is 0 Å². The fourth-order valence-electron chi connectivity index (χ4n) is 6.89. The standard InChI is InChI=1S/C29H32O9/c1-15-22(38-17(3)30)14-21-20(24(15)33)12-11-18-13-19(9-7-5-6-8-10-23(31)32)29(26(35)28(18,21)4)25(34)16(2)37-27(29)36/h5-12,15,18-22,24,33H,2,13-14H2,1,3-4H3,(H,31,32)/b6-5+,9-7+,10-8+/t15-,18-,19+,20-,21-,22+,24+,28+,29-/m0/s1. The molecule has 0 bridgehead atoms. The van der Waals surface area contributed by atoms with Crippen LogP contribution in [-0.2, 0) is 33.4 Å². The summed E-state index contributed by atoms with van der Waals surface area (Å²) in [5.41, 5.74) is -3.34. The first-order chi connectivity index (χ1) is 17.9. The number of ether oxygens (including phenoxy) is 2. The highest BCUT2D eigenvalue weighted by molar-refractivity contribution is 6.32. The third kappa shape index (κ3) is 4.09. The maximum absolute atomic E-state index is 14.6. The molecule has 0 aromatic rings. The third-order valence-electron chi connectivity index (χ3n) is 8.87. The second-order valence-corrected chi connectivity index (χ2v) is 10.8. The maximum Gasteiger partial charge on any atom is 0.333 e. The van der Waals surface area contributed by atoms with Gasteiger partial charge in [-0.05, 0) is 24.7 Å². The Bertz CT molecular complexity index is 1210. The zero-order valence-corrected chi connectivity index (χ0v) is 21.5. The van der Waals surface area contributed by atoms with Gasteiger partial charge in [-0.2, -0.15) is 0 Å². The van der Waals surface area contributed by atoms with Crippen molar-refractivity contribution in [2.24, 2.45) is 40.4 Å². The molecule has 9 atom stereocenters. The van der Waals surface area contributed by atoms with Gasteiger partial charge in [0.2, 0.25) is 5.78 Å². The van der Waals surface area contributed by atoms with Crippen LogP contribution in [0.15, 0.2) is 60.9 Å². The number of fused-ring (bicyclic) bond motifs is 3. The van der Waals surface area contributed by atoms with Crippen molar-refractivity contribution in [3.8, 4) is 0 Å². The van der Waals surface area contributed by atoms with E-state index in [1.807, 2.05) is 12.2 Å². The van der Waals surface area contributed by atoms with Crippen molar-refractivity contribution < 1.29 is 43.7 Å². The minimum Gasteiger partial charge on any atom is -0.478 e. The van der Waals surface area contributed by atoms with Crippen molar-refractivity contribution in [3.05, 3.63) is 60.9 Å². The Kier molecular flexibility index (Phi) is 7.18. The largest absolute Gasteiger partial charge is 0.478 e. The lowest BCUT2D eigenvalue weighted by molar-refractivity contribution is -0.180. The van der Waals surface area contributed by atoms with Crippen LogP contribution < -0.4 is 0 Å². The molecule has 0 radical (unpaired) electrons. The van der Waals surface area contributed by atoms with Crippen LogP contribution in [0.1, 0.15) is 33.6 Å². The number of rotatable bonds is 5. The number of esters is 2. The van der Waals surface area contributed by atoms with E-state index in [4.69, 9.17) is 14.6 Å². The van der Waals surface area contributed by atoms with Crippen molar-refractivity contribution in [1.29, 1.82) is 0 Å². The SMILES string of the molecule is C=C1OC(=O)[C@@]2(C1=O)C(=O)[C@]1(C)[C@@H](C=C[C@@H]3[C@H](O)[C@@H](C)[C@H](OC(C)=O)C[C@@H]31)C[C@H]2/C=C/C=C/C=C/C(=O)O. The molecule has 1 heterocycles. The number of aliphatic carboxylic acids is 1. The normalized spacial score (nSPS) is 40.7. The Morgan fingerprint density at radius 3 is 2.42 bits per heavy atom. The van der Waals surface area contributed by atoms with Crippen LogP contribution in [0.3, 0.4) is 0 Å². The van der Waals surface area contributed by atoms with Crippen molar-refractivity contribution >= 4 is 29.5 Å². The molecule has 3 aliphatic carbocycles. The minimum absolute atomic E-state index is 0.273. The smallest absolute Gasteiger partial charge is 0.333 e. The number of carboxylic acid groups (broad SMARTS) is 1. The average Bonchev–Trinajstić information content (AvgIpc) is 3.07. The Balaban J connectivity index is 1.77. The summed E-state index contributed by atoms with van der Waals surface area (Å²) in [5.74, 6) is -6.78. The van der Waals surface area contributed by atoms with Gasteiger partial charge in [-0.15, -0.1) is 0 Å². The molecule has 2 saturated carbocycles.